The molecule has 0 aromatic heterocycles. The van der Waals surface area contributed by atoms with Gasteiger partial charge in [-0.1, -0.05) is 41.9 Å². The van der Waals surface area contributed by atoms with Crippen LogP contribution in [0, 0.1) is 5.82 Å². The highest BCUT2D eigenvalue weighted by Crippen LogP contribution is 2.25. The normalized spacial score (nSPS) is 10.1. The van der Waals surface area contributed by atoms with Gasteiger partial charge in [0.25, 0.3) is 0 Å². The predicted octanol–water partition coefficient (Wildman–Crippen LogP) is 3.93. The smallest absolute Gasteiger partial charge is 0.411 e. The van der Waals surface area contributed by atoms with Crippen LogP contribution in [0.15, 0.2) is 42.5 Å². The van der Waals surface area contributed by atoms with Crippen LogP contribution in [0.3, 0.4) is 0 Å². The van der Waals surface area contributed by atoms with Crippen LogP contribution in [0.1, 0.15) is 15.9 Å². The highest BCUT2D eigenvalue weighted by molar-refractivity contribution is 6.31. The Labute approximate surface area is 130 Å². The third-order valence-electron chi connectivity index (χ3n) is 2.76. The Morgan fingerprint density at radius 1 is 1.18 bits per heavy atom. The average molecular weight is 324 g/mol. The number of carboxylic acids is 1. The molecule has 0 heterocycles. The van der Waals surface area contributed by atoms with Crippen molar-refractivity contribution in [3.8, 4) is 0 Å². The van der Waals surface area contributed by atoms with Gasteiger partial charge in [0.15, 0.2) is 5.82 Å². The van der Waals surface area contributed by atoms with E-state index in [1.807, 2.05) is 6.07 Å². The van der Waals surface area contributed by atoms with Crippen LogP contribution in [0.5, 0.6) is 0 Å². The van der Waals surface area contributed by atoms with Crippen LogP contribution < -0.4 is 5.32 Å². The molecule has 0 atom stereocenters. The van der Waals surface area contributed by atoms with Gasteiger partial charge < -0.3 is 9.84 Å². The number of anilines is 1. The van der Waals surface area contributed by atoms with Gasteiger partial charge >= 0.3 is 12.1 Å². The Bertz CT molecular complexity index is 706. The summed E-state index contributed by atoms with van der Waals surface area (Å²) in [7, 11) is 0. The number of halogens is 2. The molecule has 2 aromatic rings. The van der Waals surface area contributed by atoms with Gasteiger partial charge in [0.1, 0.15) is 12.2 Å². The van der Waals surface area contributed by atoms with Crippen molar-refractivity contribution in [2.45, 2.75) is 6.61 Å². The first-order valence-corrected chi connectivity index (χ1v) is 6.56. The largest absolute Gasteiger partial charge is 0.478 e. The van der Waals surface area contributed by atoms with Crippen LogP contribution in [-0.2, 0) is 11.3 Å². The molecule has 0 radical (unpaired) electrons. The number of hydrogen-bond acceptors (Lipinski definition) is 3. The predicted molar refractivity (Wildman–Crippen MR) is 78.6 cm³/mol. The second-order valence-corrected chi connectivity index (χ2v) is 4.68. The molecule has 0 fully saturated rings. The molecule has 0 unspecified atom stereocenters. The van der Waals surface area contributed by atoms with Crippen molar-refractivity contribution in [2.24, 2.45) is 0 Å². The number of benzene rings is 2. The van der Waals surface area contributed by atoms with Crippen molar-refractivity contribution < 1.29 is 23.8 Å². The Morgan fingerprint density at radius 3 is 2.50 bits per heavy atom. The number of carbonyl (C=O) groups is 2. The first-order valence-electron chi connectivity index (χ1n) is 6.18. The monoisotopic (exact) mass is 323 g/mol. The van der Waals surface area contributed by atoms with Crippen LogP contribution in [0.4, 0.5) is 14.9 Å². The third kappa shape index (κ3) is 3.73. The van der Waals surface area contributed by atoms with Crippen molar-refractivity contribution in [1.29, 1.82) is 0 Å². The number of nitrogens with one attached hydrogen (secondary N) is 1. The topological polar surface area (TPSA) is 75.6 Å². The lowest BCUT2D eigenvalue weighted by Crippen LogP contribution is -2.17. The van der Waals surface area contributed by atoms with Crippen molar-refractivity contribution >= 4 is 29.4 Å². The number of carbonyl (C=O) groups excluding carboxylic acids is 1. The molecule has 0 saturated heterocycles. The van der Waals surface area contributed by atoms with Gasteiger partial charge in [-0.05, 0) is 17.7 Å². The summed E-state index contributed by atoms with van der Waals surface area (Å²) in [6.07, 6.45) is -0.895. The van der Waals surface area contributed by atoms with E-state index in [1.165, 1.54) is 6.07 Å². The first-order chi connectivity index (χ1) is 10.5. The van der Waals surface area contributed by atoms with E-state index < -0.39 is 23.4 Å². The Morgan fingerprint density at radius 2 is 1.86 bits per heavy atom. The van der Waals surface area contributed by atoms with Gasteiger partial charge in [-0.3, -0.25) is 5.32 Å². The molecule has 0 aliphatic carbocycles. The summed E-state index contributed by atoms with van der Waals surface area (Å²) in [5.41, 5.74) is -0.185. The minimum absolute atomic E-state index is 0.00511. The van der Waals surface area contributed by atoms with Gasteiger partial charge in [-0.25, -0.2) is 14.0 Å². The van der Waals surface area contributed by atoms with E-state index >= 15 is 0 Å². The third-order valence-corrected chi connectivity index (χ3v) is 3.05. The molecule has 0 spiro atoms. The summed E-state index contributed by atoms with van der Waals surface area (Å²) < 4.78 is 18.6. The van der Waals surface area contributed by atoms with E-state index in [2.05, 4.69) is 5.32 Å². The number of ether oxygens (including phenoxy) is 1. The molecule has 1 amide bonds. The zero-order valence-corrected chi connectivity index (χ0v) is 11.9. The summed E-state index contributed by atoms with van der Waals surface area (Å²) in [6.45, 7) is 0.00511. The zero-order valence-electron chi connectivity index (χ0n) is 11.2. The van der Waals surface area contributed by atoms with E-state index in [0.29, 0.717) is 0 Å². The lowest BCUT2D eigenvalue weighted by Gasteiger charge is -2.10. The van der Waals surface area contributed by atoms with Crippen LogP contribution >= 0.6 is 11.6 Å². The number of aromatic carboxylic acids is 1. The van der Waals surface area contributed by atoms with Gasteiger partial charge in [0.2, 0.25) is 0 Å². The molecule has 0 saturated carbocycles. The van der Waals surface area contributed by atoms with E-state index in [4.69, 9.17) is 21.4 Å². The number of amides is 1. The fourth-order valence-electron chi connectivity index (χ4n) is 1.73. The fourth-order valence-corrected chi connectivity index (χ4v) is 1.89. The second kappa shape index (κ2) is 6.91. The molecule has 5 nitrogen and oxygen atoms in total. The van der Waals surface area contributed by atoms with Gasteiger partial charge in [-0.15, -0.1) is 0 Å². The molecule has 114 valence electrons. The van der Waals surface area contributed by atoms with Crippen molar-refractivity contribution in [2.75, 3.05) is 5.32 Å². The van der Waals surface area contributed by atoms with Crippen molar-refractivity contribution in [3.05, 3.63) is 64.4 Å². The van der Waals surface area contributed by atoms with E-state index in [0.717, 1.165) is 11.6 Å². The van der Waals surface area contributed by atoms with Gasteiger partial charge in [0, 0.05) is 0 Å². The summed E-state index contributed by atoms with van der Waals surface area (Å²) >= 11 is 5.53. The minimum atomic E-state index is -1.54. The van der Waals surface area contributed by atoms with E-state index in [-0.39, 0.29) is 17.3 Å². The molecule has 2 rings (SSSR count). The maximum absolute atomic E-state index is 13.7. The zero-order chi connectivity index (χ0) is 16.1. The van der Waals surface area contributed by atoms with Crippen LogP contribution in [0.2, 0.25) is 5.02 Å². The minimum Gasteiger partial charge on any atom is -0.478 e. The molecule has 0 aliphatic rings. The number of rotatable bonds is 4. The first kappa shape index (κ1) is 15.8. The fraction of sp³-hybridized carbons (Fsp3) is 0.0667. The highest BCUT2D eigenvalue weighted by Gasteiger charge is 2.20. The SMILES string of the molecule is O=C(Nc1ccc(Cl)c(F)c1C(=O)O)OCc1ccccc1. The Kier molecular flexibility index (Phi) is 4.95. The van der Waals surface area contributed by atoms with Crippen molar-refractivity contribution in [3.63, 3.8) is 0 Å². The van der Waals surface area contributed by atoms with E-state index in [1.54, 1.807) is 24.3 Å². The lowest BCUT2D eigenvalue weighted by molar-refractivity contribution is 0.0693. The molecule has 2 N–H and O–H groups in total. The Balaban J connectivity index is 2.09. The van der Waals surface area contributed by atoms with Crippen LogP contribution in [-0.4, -0.2) is 17.2 Å². The maximum atomic E-state index is 13.7. The lowest BCUT2D eigenvalue weighted by atomic mass is 10.1. The molecule has 7 heteroatoms. The molecular weight excluding hydrogens is 313 g/mol. The molecule has 0 aliphatic heterocycles. The summed E-state index contributed by atoms with van der Waals surface area (Å²) in [4.78, 5) is 22.7. The number of carboxylic acid groups (broad SMARTS) is 1. The molecule has 0 bridgehead atoms. The average Bonchev–Trinajstić information content (AvgIpc) is 2.50. The summed E-state index contributed by atoms with van der Waals surface area (Å²) in [5.74, 6) is -2.66. The quantitative estimate of drug-likeness (QED) is 0.894. The standard InChI is InChI=1S/C15H11ClFNO4/c16-10-6-7-11(12(13(10)17)14(19)20)18-15(21)22-8-9-4-2-1-3-5-9/h1-7H,8H2,(H,18,21)(H,19,20). The molecular formula is C15H11ClFNO4. The molecule has 22 heavy (non-hydrogen) atoms. The van der Waals surface area contributed by atoms with Gasteiger partial charge in [0.05, 0.1) is 10.7 Å². The second-order valence-electron chi connectivity index (χ2n) is 4.28. The summed E-state index contributed by atoms with van der Waals surface area (Å²) in [5, 5.41) is 10.8. The van der Waals surface area contributed by atoms with Crippen LogP contribution in [0.25, 0.3) is 0 Å². The van der Waals surface area contributed by atoms with Crippen molar-refractivity contribution in [1.82, 2.24) is 0 Å². The number of hydrogen-bond donors (Lipinski definition) is 2. The Hall–Kier alpha value is -2.60. The maximum Gasteiger partial charge on any atom is 0.411 e. The highest BCUT2D eigenvalue weighted by atomic mass is 35.5. The summed E-state index contributed by atoms with van der Waals surface area (Å²) in [6, 6.07) is 11.3. The van der Waals surface area contributed by atoms with Gasteiger partial charge in [-0.2, -0.15) is 0 Å². The van der Waals surface area contributed by atoms with E-state index in [9.17, 15) is 14.0 Å². The molecule has 2 aromatic carbocycles.